The van der Waals surface area contributed by atoms with Gasteiger partial charge >= 0.3 is 5.97 Å². The van der Waals surface area contributed by atoms with Gasteiger partial charge in [-0.3, -0.25) is 9.59 Å². The molecule has 1 aliphatic rings. The number of hydrogen-bond acceptors (Lipinski definition) is 3. The van der Waals surface area contributed by atoms with Gasteiger partial charge in [-0.25, -0.2) is 0 Å². The molecule has 4 nitrogen and oxygen atoms in total. The second-order valence-electron chi connectivity index (χ2n) is 5.62. The van der Waals surface area contributed by atoms with Crippen molar-refractivity contribution in [2.24, 2.45) is 11.8 Å². The van der Waals surface area contributed by atoms with Crippen molar-refractivity contribution in [2.75, 3.05) is 19.7 Å². The molecule has 0 bridgehead atoms. The van der Waals surface area contributed by atoms with Crippen molar-refractivity contribution in [1.29, 1.82) is 0 Å². The van der Waals surface area contributed by atoms with Crippen molar-refractivity contribution >= 4 is 11.9 Å². The maximum absolute atomic E-state index is 12.5. The van der Waals surface area contributed by atoms with E-state index in [0.29, 0.717) is 13.2 Å². The molecule has 2 atom stereocenters. The van der Waals surface area contributed by atoms with Gasteiger partial charge in [0.15, 0.2) is 0 Å². The summed E-state index contributed by atoms with van der Waals surface area (Å²) in [5, 5.41) is 0. The number of amides is 1. The summed E-state index contributed by atoms with van der Waals surface area (Å²) < 4.78 is 5.08. The zero-order valence-corrected chi connectivity index (χ0v) is 13.2. The summed E-state index contributed by atoms with van der Waals surface area (Å²) in [5.41, 5.74) is 0. The molecular formula is C16H29NO3. The van der Waals surface area contributed by atoms with Crippen molar-refractivity contribution in [1.82, 2.24) is 4.90 Å². The molecule has 1 saturated heterocycles. The van der Waals surface area contributed by atoms with Crippen LogP contribution in [0.15, 0.2) is 0 Å². The maximum Gasteiger partial charge on any atom is 0.310 e. The third-order valence-electron chi connectivity index (χ3n) is 4.10. The van der Waals surface area contributed by atoms with Gasteiger partial charge in [-0.2, -0.15) is 0 Å². The number of unbranched alkanes of at least 4 members (excludes halogenated alkanes) is 1. The van der Waals surface area contributed by atoms with Gasteiger partial charge in [0.05, 0.1) is 12.5 Å². The van der Waals surface area contributed by atoms with Gasteiger partial charge in [0.25, 0.3) is 0 Å². The number of esters is 1. The van der Waals surface area contributed by atoms with E-state index in [-0.39, 0.29) is 23.7 Å². The first kappa shape index (κ1) is 17.0. The van der Waals surface area contributed by atoms with Gasteiger partial charge in [-0.15, -0.1) is 0 Å². The van der Waals surface area contributed by atoms with Crippen LogP contribution >= 0.6 is 0 Å². The van der Waals surface area contributed by atoms with E-state index < -0.39 is 0 Å². The third kappa shape index (κ3) is 4.80. The first-order chi connectivity index (χ1) is 9.63. The Kier molecular flexibility index (Phi) is 7.63. The molecule has 1 unspecified atom stereocenters. The number of likely N-dealkylation sites (tertiary alicyclic amines) is 1. The fraction of sp³-hybridized carbons (Fsp3) is 0.875. The molecule has 0 aromatic heterocycles. The fourth-order valence-electron chi connectivity index (χ4n) is 2.84. The minimum atomic E-state index is -0.147. The van der Waals surface area contributed by atoms with Crippen molar-refractivity contribution in [3.63, 3.8) is 0 Å². The Labute approximate surface area is 122 Å². The van der Waals surface area contributed by atoms with Crippen molar-refractivity contribution < 1.29 is 14.3 Å². The Morgan fingerprint density at radius 3 is 2.65 bits per heavy atom. The normalized spacial score (nSPS) is 20.6. The molecule has 1 fully saturated rings. The molecule has 20 heavy (non-hydrogen) atoms. The Bertz CT molecular complexity index is 317. The first-order valence-corrected chi connectivity index (χ1v) is 8.09. The van der Waals surface area contributed by atoms with Gasteiger partial charge in [0.1, 0.15) is 0 Å². The van der Waals surface area contributed by atoms with Crippen LogP contribution in [0.25, 0.3) is 0 Å². The Hall–Kier alpha value is -1.06. The predicted octanol–water partition coefficient (Wildman–Crippen LogP) is 3.00. The minimum absolute atomic E-state index is 0.121. The van der Waals surface area contributed by atoms with E-state index in [2.05, 4.69) is 13.8 Å². The van der Waals surface area contributed by atoms with E-state index in [1.54, 1.807) is 0 Å². The quantitative estimate of drug-likeness (QED) is 0.675. The summed E-state index contributed by atoms with van der Waals surface area (Å²) in [6.45, 7) is 7.79. The molecule has 0 saturated carbocycles. The molecule has 0 N–H and O–H groups in total. The summed E-state index contributed by atoms with van der Waals surface area (Å²) in [5.74, 6) is 0.0776. The molecule has 0 aromatic rings. The van der Waals surface area contributed by atoms with E-state index in [1.165, 1.54) is 0 Å². The number of ether oxygens (including phenoxy) is 1. The zero-order chi connectivity index (χ0) is 15.0. The average molecular weight is 283 g/mol. The number of piperidine rings is 1. The zero-order valence-electron chi connectivity index (χ0n) is 13.2. The van der Waals surface area contributed by atoms with E-state index in [1.807, 2.05) is 11.8 Å². The molecule has 0 aliphatic carbocycles. The molecule has 0 radical (unpaired) electrons. The van der Waals surface area contributed by atoms with Gasteiger partial charge in [0, 0.05) is 19.0 Å². The molecule has 0 spiro atoms. The number of carbonyl (C=O) groups is 2. The van der Waals surface area contributed by atoms with Crippen LogP contribution in [-0.4, -0.2) is 36.5 Å². The molecular weight excluding hydrogens is 254 g/mol. The van der Waals surface area contributed by atoms with Crippen LogP contribution in [0.2, 0.25) is 0 Å². The second kappa shape index (κ2) is 8.98. The lowest BCUT2D eigenvalue weighted by atomic mass is 9.93. The number of carbonyl (C=O) groups excluding carboxylic acids is 2. The van der Waals surface area contributed by atoms with Gasteiger partial charge in [-0.05, 0) is 32.6 Å². The van der Waals surface area contributed by atoms with E-state index in [0.717, 1.165) is 45.1 Å². The molecule has 1 amide bonds. The summed E-state index contributed by atoms with van der Waals surface area (Å²) in [6.07, 6.45) is 5.81. The van der Waals surface area contributed by atoms with Crippen molar-refractivity contribution in [3.05, 3.63) is 0 Å². The highest BCUT2D eigenvalue weighted by Gasteiger charge is 2.31. The SMILES string of the molecule is CCCCC(CC)C(=O)N1CCC[C@@H](C(=O)OCC)C1. The van der Waals surface area contributed by atoms with Gasteiger partial charge < -0.3 is 9.64 Å². The van der Waals surface area contributed by atoms with Crippen LogP contribution in [0.3, 0.4) is 0 Å². The number of nitrogens with zero attached hydrogens (tertiary/aromatic N) is 1. The standard InChI is InChI=1S/C16H29NO3/c1-4-7-9-13(5-2)15(18)17-11-8-10-14(12-17)16(19)20-6-3/h13-14H,4-12H2,1-3H3/t13?,14-/m1/s1. The van der Waals surface area contributed by atoms with Crippen molar-refractivity contribution in [3.8, 4) is 0 Å². The van der Waals surface area contributed by atoms with Crippen LogP contribution in [0.4, 0.5) is 0 Å². The predicted molar refractivity (Wildman–Crippen MR) is 79.2 cm³/mol. The molecule has 1 aliphatic heterocycles. The van der Waals surface area contributed by atoms with Crippen LogP contribution in [0.5, 0.6) is 0 Å². The largest absolute Gasteiger partial charge is 0.466 e. The van der Waals surface area contributed by atoms with Crippen LogP contribution in [-0.2, 0) is 14.3 Å². The molecule has 1 rings (SSSR count). The lowest BCUT2D eigenvalue weighted by molar-refractivity contribution is -0.152. The van der Waals surface area contributed by atoms with E-state index >= 15 is 0 Å². The first-order valence-electron chi connectivity index (χ1n) is 8.09. The molecule has 0 aromatic carbocycles. The lowest BCUT2D eigenvalue weighted by Crippen LogP contribution is -2.45. The van der Waals surface area contributed by atoms with Gasteiger partial charge in [0.2, 0.25) is 5.91 Å². The summed E-state index contributed by atoms with van der Waals surface area (Å²) >= 11 is 0. The highest BCUT2D eigenvalue weighted by Crippen LogP contribution is 2.22. The lowest BCUT2D eigenvalue weighted by Gasteiger charge is -2.33. The van der Waals surface area contributed by atoms with E-state index in [9.17, 15) is 9.59 Å². The monoisotopic (exact) mass is 283 g/mol. The highest BCUT2D eigenvalue weighted by molar-refractivity contribution is 5.80. The van der Waals surface area contributed by atoms with Crippen LogP contribution in [0.1, 0.15) is 59.3 Å². The second-order valence-corrected chi connectivity index (χ2v) is 5.62. The maximum atomic E-state index is 12.5. The fourth-order valence-corrected chi connectivity index (χ4v) is 2.84. The van der Waals surface area contributed by atoms with Crippen LogP contribution in [0, 0.1) is 11.8 Å². The Morgan fingerprint density at radius 2 is 2.05 bits per heavy atom. The smallest absolute Gasteiger partial charge is 0.310 e. The van der Waals surface area contributed by atoms with Crippen LogP contribution < -0.4 is 0 Å². The minimum Gasteiger partial charge on any atom is -0.466 e. The number of rotatable bonds is 7. The topological polar surface area (TPSA) is 46.6 Å². The summed E-state index contributed by atoms with van der Waals surface area (Å²) in [4.78, 5) is 26.2. The van der Waals surface area contributed by atoms with Gasteiger partial charge in [-0.1, -0.05) is 26.7 Å². The Balaban J connectivity index is 2.56. The average Bonchev–Trinajstić information content (AvgIpc) is 2.48. The molecule has 116 valence electrons. The molecule has 4 heteroatoms. The number of hydrogen-bond donors (Lipinski definition) is 0. The summed E-state index contributed by atoms with van der Waals surface area (Å²) in [6, 6.07) is 0. The third-order valence-corrected chi connectivity index (χ3v) is 4.10. The highest BCUT2D eigenvalue weighted by atomic mass is 16.5. The Morgan fingerprint density at radius 1 is 1.30 bits per heavy atom. The summed E-state index contributed by atoms with van der Waals surface area (Å²) in [7, 11) is 0. The molecule has 1 heterocycles. The van der Waals surface area contributed by atoms with E-state index in [4.69, 9.17) is 4.74 Å². The van der Waals surface area contributed by atoms with Crippen molar-refractivity contribution in [2.45, 2.75) is 59.3 Å².